The van der Waals surface area contributed by atoms with Gasteiger partial charge in [0.1, 0.15) is 12.4 Å². The summed E-state index contributed by atoms with van der Waals surface area (Å²) >= 11 is 0. The van der Waals surface area contributed by atoms with Gasteiger partial charge in [0.05, 0.1) is 35.6 Å². The van der Waals surface area contributed by atoms with Crippen LogP contribution in [0.2, 0.25) is 0 Å². The summed E-state index contributed by atoms with van der Waals surface area (Å²) in [4.78, 5) is 9.06. The van der Waals surface area contributed by atoms with E-state index in [1.807, 2.05) is 36.4 Å². The van der Waals surface area contributed by atoms with Crippen molar-refractivity contribution in [2.24, 2.45) is 5.92 Å². The van der Waals surface area contributed by atoms with E-state index >= 15 is 0 Å². The summed E-state index contributed by atoms with van der Waals surface area (Å²) in [5, 5.41) is 17.4. The molecule has 168 valence electrons. The lowest BCUT2D eigenvalue weighted by molar-refractivity contribution is 0.275. The average molecular weight is 441 g/mol. The third-order valence-electron chi connectivity index (χ3n) is 6.20. The van der Waals surface area contributed by atoms with Crippen LogP contribution in [0.1, 0.15) is 43.4 Å². The van der Waals surface area contributed by atoms with Crippen molar-refractivity contribution in [2.45, 2.75) is 39.4 Å². The number of rotatable bonds is 8. The maximum Gasteiger partial charge on any atom is 0.138 e. The Morgan fingerprint density at radius 1 is 0.879 bits per heavy atom. The molecule has 3 aromatic heterocycles. The fourth-order valence-electron chi connectivity index (χ4n) is 3.78. The summed E-state index contributed by atoms with van der Waals surface area (Å²) < 4.78 is 5.85. The summed E-state index contributed by atoms with van der Waals surface area (Å²) in [7, 11) is 0. The molecule has 3 heterocycles. The van der Waals surface area contributed by atoms with Gasteiger partial charge >= 0.3 is 0 Å². The van der Waals surface area contributed by atoms with E-state index in [0.717, 1.165) is 28.4 Å². The summed E-state index contributed by atoms with van der Waals surface area (Å²) in [6.45, 7) is 6.94. The van der Waals surface area contributed by atoms with Crippen molar-refractivity contribution in [2.75, 3.05) is 0 Å². The molecule has 0 fully saturated rings. The monoisotopic (exact) mass is 440 g/mol. The topological polar surface area (TPSA) is 81.0 Å². The number of nitrogens with zero attached hydrogens (tertiary/aromatic N) is 4. The van der Waals surface area contributed by atoms with Crippen molar-refractivity contribution in [3.8, 4) is 17.0 Å². The maximum atomic E-state index is 9.17. The first-order valence-electron chi connectivity index (χ1n) is 11.0. The predicted molar refractivity (Wildman–Crippen MR) is 127 cm³/mol. The third-order valence-corrected chi connectivity index (χ3v) is 6.20. The minimum absolute atomic E-state index is 0.112. The van der Waals surface area contributed by atoms with Crippen molar-refractivity contribution in [3.05, 3.63) is 102 Å². The number of hydrogen-bond acceptors (Lipinski definition) is 6. The highest BCUT2D eigenvalue weighted by atomic mass is 16.5. The van der Waals surface area contributed by atoms with Crippen LogP contribution in [0.3, 0.4) is 0 Å². The van der Waals surface area contributed by atoms with E-state index in [0.29, 0.717) is 18.2 Å². The largest absolute Gasteiger partial charge is 0.486 e. The highest BCUT2D eigenvalue weighted by Gasteiger charge is 2.34. The Balaban J connectivity index is 1.54. The van der Waals surface area contributed by atoms with Crippen molar-refractivity contribution in [3.63, 3.8) is 0 Å². The van der Waals surface area contributed by atoms with E-state index in [-0.39, 0.29) is 12.0 Å². The summed E-state index contributed by atoms with van der Waals surface area (Å²) in [5.41, 5.74) is 5.08. The van der Waals surface area contributed by atoms with Crippen LogP contribution in [0.25, 0.3) is 11.3 Å². The van der Waals surface area contributed by atoms with Gasteiger partial charge in [-0.15, -0.1) is 0 Å². The van der Waals surface area contributed by atoms with Crippen LogP contribution < -0.4 is 4.74 Å². The van der Waals surface area contributed by atoms with E-state index in [9.17, 15) is 0 Å². The molecule has 0 saturated heterocycles. The molecule has 1 aromatic carbocycles. The first-order chi connectivity index (χ1) is 16.0. The number of pyridine rings is 2. The molecule has 0 aliphatic heterocycles. The minimum Gasteiger partial charge on any atom is -0.486 e. The summed E-state index contributed by atoms with van der Waals surface area (Å²) in [6, 6.07) is 21.8. The second-order valence-electron chi connectivity index (χ2n) is 8.49. The zero-order chi connectivity index (χ0) is 23.3. The molecule has 4 rings (SSSR count). The molecule has 0 amide bonds. The molecule has 0 bridgehead atoms. The van der Waals surface area contributed by atoms with E-state index < -0.39 is 0 Å². The van der Waals surface area contributed by atoms with Gasteiger partial charge < -0.3 is 9.84 Å². The Bertz CT molecular complexity index is 1160. The first kappa shape index (κ1) is 22.6. The van der Waals surface area contributed by atoms with Gasteiger partial charge in [-0.05, 0) is 54.8 Å². The molecule has 6 heteroatoms. The van der Waals surface area contributed by atoms with Crippen LogP contribution in [-0.2, 0) is 18.6 Å². The van der Waals surface area contributed by atoms with Crippen LogP contribution in [0.4, 0.5) is 0 Å². The predicted octanol–water partition coefficient (Wildman–Crippen LogP) is 4.97. The SMILES string of the molecule is CC(C)[C@@](C)(c1ccc(-c2ccc(CO)nn2)cc1)c1ccc(OCc2ccccn2)cn1. The average Bonchev–Trinajstić information content (AvgIpc) is 2.88. The Labute approximate surface area is 194 Å². The molecule has 0 radical (unpaired) electrons. The fraction of sp³-hybridized carbons (Fsp3) is 0.259. The molecule has 0 spiro atoms. The molecule has 33 heavy (non-hydrogen) atoms. The lowest BCUT2D eigenvalue weighted by atomic mass is 9.70. The third kappa shape index (κ3) is 4.91. The number of aliphatic hydroxyl groups is 1. The molecule has 6 nitrogen and oxygen atoms in total. The molecule has 0 saturated carbocycles. The van der Waals surface area contributed by atoms with E-state index in [1.165, 1.54) is 5.56 Å². The summed E-state index contributed by atoms with van der Waals surface area (Å²) in [6.07, 6.45) is 3.54. The quantitative estimate of drug-likeness (QED) is 0.417. The van der Waals surface area contributed by atoms with E-state index in [1.54, 1.807) is 18.5 Å². The minimum atomic E-state index is -0.273. The number of benzene rings is 1. The maximum absolute atomic E-state index is 9.17. The van der Waals surface area contributed by atoms with Crippen molar-refractivity contribution >= 4 is 0 Å². The smallest absolute Gasteiger partial charge is 0.138 e. The van der Waals surface area contributed by atoms with Gasteiger partial charge in [-0.2, -0.15) is 10.2 Å². The Morgan fingerprint density at radius 3 is 2.27 bits per heavy atom. The Morgan fingerprint density at radius 2 is 1.70 bits per heavy atom. The molecule has 0 unspecified atom stereocenters. The van der Waals surface area contributed by atoms with Crippen molar-refractivity contribution in [1.29, 1.82) is 0 Å². The zero-order valence-corrected chi connectivity index (χ0v) is 19.1. The van der Waals surface area contributed by atoms with Gasteiger partial charge in [0, 0.05) is 17.2 Å². The van der Waals surface area contributed by atoms with E-state index in [2.05, 4.69) is 60.2 Å². The normalized spacial score (nSPS) is 13.0. The Kier molecular flexibility index (Phi) is 6.75. The van der Waals surface area contributed by atoms with Gasteiger partial charge in [0.25, 0.3) is 0 Å². The fourth-order valence-corrected chi connectivity index (χ4v) is 3.78. The molecule has 4 aromatic rings. The van der Waals surface area contributed by atoms with Gasteiger partial charge in [0.2, 0.25) is 0 Å². The second kappa shape index (κ2) is 9.88. The lowest BCUT2D eigenvalue weighted by Crippen LogP contribution is -2.31. The highest BCUT2D eigenvalue weighted by molar-refractivity contribution is 5.59. The molecular weight excluding hydrogens is 412 g/mol. The molecule has 1 N–H and O–H groups in total. The summed E-state index contributed by atoms with van der Waals surface area (Å²) in [5.74, 6) is 1.04. The van der Waals surface area contributed by atoms with Crippen LogP contribution in [0, 0.1) is 5.92 Å². The number of ether oxygens (including phenoxy) is 1. The van der Waals surface area contributed by atoms with Crippen molar-refractivity contribution in [1.82, 2.24) is 20.2 Å². The van der Waals surface area contributed by atoms with Crippen LogP contribution in [0.15, 0.2) is 79.1 Å². The number of aromatic nitrogens is 4. The van der Waals surface area contributed by atoms with E-state index in [4.69, 9.17) is 14.8 Å². The van der Waals surface area contributed by atoms with Gasteiger partial charge in [-0.1, -0.05) is 44.2 Å². The second-order valence-corrected chi connectivity index (χ2v) is 8.49. The molecule has 1 atom stereocenters. The standard InChI is InChI=1S/C27H28N4O2/c1-19(2)27(3,21-9-7-20(8-10-21)25-13-11-22(17-32)30-31-25)26-14-12-24(16-29-26)33-18-23-6-4-5-15-28-23/h4-16,19,32H,17-18H2,1-3H3/t27-/m0/s1. The molecule has 0 aliphatic rings. The molecular formula is C27H28N4O2. The Hall–Kier alpha value is -3.64. The van der Waals surface area contributed by atoms with Gasteiger partial charge in [0.15, 0.2) is 0 Å². The molecule has 0 aliphatic carbocycles. The highest BCUT2D eigenvalue weighted by Crippen LogP contribution is 2.39. The first-order valence-corrected chi connectivity index (χ1v) is 11.0. The van der Waals surface area contributed by atoms with Crippen LogP contribution in [-0.4, -0.2) is 25.3 Å². The number of aliphatic hydroxyl groups excluding tert-OH is 1. The van der Waals surface area contributed by atoms with Gasteiger partial charge in [-0.25, -0.2) is 0 Å². The lowest BCUT2D eigenvalue weighted by Gasteiger charge is -2.34. The van der Waals surface area contributed by atoms with Crippen LogP contribution in [0.5, 0.6) is 5.75 Å². The zero-order valence-electron chi connectivity index (χ0n) is 19.1. The van der Waals surface area contributed by atoms with Crippen molar-refractivity contribution < 1.29 is 9.84 Å². The van der Waals surface area contributed by atoms with Gasteiger partial charge in [-0.3, -0.25) is 9.97 Å². The number of hydrogen-bond donors (Lipinski definition) is 1. The van der Waals surface area contributed by atoms with Crippen LogP contribution >= 0.6 is 0 Å².